The molecule has 0 aliphatic rings. The highest BCUT2D eigenvalue weighted by Crippen LogP contribution is 2.25. The van der Waals surface area contributed by atoms with Crippen LogP contribution in [0.4, 0.5) is 4.39 Å². The minimum atomic E-state index is -0.487. The molecule has 4 nitrogen and oxygen atoms in total. The molecule has 0 unspecified atom stereocenters. The Morgan fingerprint density at radius 1 is 1.40 bits per heavy atom. The SMILES string of the molecule is NC(=O)CCCCn1c(CCl)nc2cc(Cl)c(F)cc21. The van der Waals surface area contributed by atoms with Crippen LogP contribution in [0.2, 0.25) is 5.02 Å². The molecule has 0 aliphatic carbocycles. The van der Waals surface area contributed by atoms with E-state index in [1.165, 1.54) is 12.1 Å². The molecule has 2 aromatic rings. The van der Waals surface area contributed by atoms with Gasteiger partial charge in [-0.15, -0.1) is 11.6 Å². The quantitative estimate of drug-likeness (QED) is 0.656. The van der Waals surface area contributed by atoms with Gasteiger partial charge in [0.15, 0.2) is 0 Å². The molecule has 108 valence electrons. The number of halogens is 3. The fourth-order valence-electron chi connectivity index (χ4n) is 2.09. The highest BCUT2D eigenvalue weighted by Gasteiger charge is 2.13. The van der Waals surface area contributed by atoms with Crippen LogP contribution in [0.25, 0.3) is 11.0 Å². The van der Waals surface area contributed by atoms with Crippen molar-refractivity contribution in [3.8, 4) is 0 Å². The maximum atomic E-state index is 13.6. The number of unbranched alkanes of at least 4 members (excludes halogenated alkanes) is 1. The number of carbonyl (C=O) groups excluding carboxylic acids is 1. The maximum Gasteiger partial charge on any atom is 0.217 e. The molecule has 1 aromatic carbocycles. The molecule has 0 fully saturated rings. The Morgan fingerprint density at radius 3 is 2.80 bits per heavy atom. The predicted octanol–water partition coefficient (Wildman–Crippen LogP) is 3.22. The van der Waals surface area contributed by atoms with Gasteiger partial charge in [-0.1, -0.05) is 11.6 Å². The average Bonchev–Trinajstić information content (AvgIpc) is 2.72. The number of rotatable bonds is 6. The number of alkyl halides is 1. The van der Waals surface area contributed by atoms with Crippen LogP contribution in [0.5, 0.6) is 0 Å². The highest BCUT2D eigenvalue weighted by atomic mass is 35.5. The number of imidazole rings is 1. The lowest BCUT2D eigenvalue weighted by atomic mass is 10.2. The Labute approximate surface area is 125 Å². The second-order valence-corrected chi connectivity index (χ2v) is 5.17. The van der Waals surface area contributed by atoms with E-state index in [9.17, 15) is 9.18 Å². The van der Waals surface area contributed by atoms with Gasteiger partial charge >= 0.3 is 0 Å². The number of nitrogens with two attached hydrogens (primary N) is 1. The minimum Gasteiger partial charge on any atom is -0.370 e. The van der Waals surface area contributed by atoms with E-state index >= 15 is 0 Å². The summed E-state index contributed by atoms with van der Waals surface area (Å²) in [4.78, 5) is 15.0. The van der Waals surface area contributed by atoms with E-state index in [-0.39, 0.29) is 16.8 Å². The van der Waals surface area contributed by atoms with Gasteiger partial charge in [-0.25, -0.2) is 9.37 Å². The molecule has 0 aliphatic heterocycles. The fraction of sp³-hybridized carbons (Fsp3) is 0.385. The average molecular weight is 318 g/mol. The van der Waals surface area contributed by atoms with Gasteiger partial charge in [-0.3, -0.25) is 4.79 Å². The normalized spacial score (nSPS) is 11.2. The summed E-state index contributed by atoms with van der Waals surface area (Å²) in [5.41, 5.74) is 6.36. The third-order valence-electron chi connectivity index (χ3n) is 3.04. The Bertz CT molecular complexity index is 642. The molecule has 0 saturated carbocycles. The lowest BCUT2D eigenvalue weighted by molar-refractivity contribution is -0.118. The molecule has 1 heterocycles. The van der Waals surface area contributed by atoms with E-state index in [0.717, 1.165) is 6.42 Å². The topological polar surface area (TPSA) is 60.9 Å². The first-order valence-corrected chi connectivity index (χ1v) is 7.12. The van der Waals surface area contributed by atoms with Crippen LogP contribution in [0.1, 0.15) is 25.1 Å². The van der Waals surface area contributed by atoms with E-state index in [0.29, 0.717) is 36.2 Å². The smallest absolute Gasteiger partial charge is 0.217 e. The summed E-state index contributed by atoms with van der Waals surface area (Å²) >= 11 is 11.6. The van der Waals surface area contributed by atoms with Gasteiger partial charge in [0.25, 0.3) is 0 Å². The van der Waals surface area contributed by atoms with Crippen molar-refractivity contribution in [3.63, 3.8) is 0 Å². The number of primary amides is 1. The van der Waals surface area contributed by atoms with E-state index in [1.807, 2.05) is 4.57 Å². The van der Waals surface area contributed by atoms with E-state index in [4.69, 9.17) is 28.9 Å². The Hall–Kier alpha value is -1.33. The molecule has 0 saturated heterocycles. The predicted molar refractivity (Wildman–Crippen MR) is 77.3 cm³/mol. The van der Waals surface area contributed by atoms with Gasteiger partial charge in [0.2, 0.25) is 5.91 Å². The van der Waals surface area contributed by atoms with Crippen molar-refractivity contribution in [1.29, 1.82) is 0 Å². The highest BCUT2D eigenvalue weighted by molar-refractivity contribution is 6.31. The van der Waals surface area contributed by atoms with Crippen LogP contribution in [0, 0.1) is 5.82 Å². The van der Waals surface area contributed by atoms with Crippen molar-refractivity contribution in [3.05, 3.63) is 28.8 Å². The summed E-state index contributed by atoms with van der Waals surface area (Å²) in [5, 5.41) is 0.0389. The molecule has 0 bridgehead atoms. The summed E-state index contributed by atoms with van der Waals surface area (Å²) in [6, 6.07) is 2.84. The van der Waals surface area contributed by atoms with Crippen LogP contribution in [-0.2, 0) is 17.2 Å². The second kappa shape index (κ2) is 6.41. The zero-order valence-electron chi connectivity index (χ0n) is 10.7. The largest absolute Gasteiger partial charge is 0.370 e. The van der Waals surface area contributed by atoms with Crippen LogP contribution < -0.4 is 5.73 Å². The van der Waals surface area contributed by atoms with E-state index in [2.05, 4.69) is 4.98 Å². The lowest BCUT2D eigenvalue weighted by Crippen LogP contribution is -2.10. The summed E-state index contributed by atoms with van der Waals surface area (Å²) in [7, 11) is 0. The van der Waals surface area contributed by atoms with E-state index < -0.39 is 5.82 Å². The number of amides is 1. The van der Waals surface area contributed by atoms with Gasteiger partial charge in [0.1, 0.15) is 11.6 Å². The van der Waals surface area contributed by atoms with Gasteiger partial charge in [0, 0.05) is 19.0 Å². The Balaban J connectivity index is 2.25. The van der Waals surface area contributed by atoms with Crippen LogP contribution >= 0.6 is 23.2 Å². The molecule has 2 rings (SSSR count). The van der Waals surface area contributed by atoms with Gasteiger partial charge in [-0.05, 0) is 18.9 Å². The summed E-state index contributed by atoms with van der Waals surface area (Å²) in [6.45, 7) is 0.604. The second-order valence-electron chi connectivity index (χ2n) is 4.49. The maximum absolute atomic E-state index is 13.6. The first kappa shape index (κ1) is 15.1. The molecule has 0 spiro atoms. The third-order valence-corrected chi connectivity index (χ3v) is 3.57. The summed E-state index contributed by atoms with van der Waals surface area (Å²) in [6.07, 6.45) is 1.75. The number of aromatic nitrogens is 2. The van der Waals surface area contributed by atoms with Crippen molar-refractivity contribution in [2.45, 2.75) is 31.7 Å². The molecule has 2 N–H and O–H groups in total. The molecule has 0 atom stereocenters. The molecular formula is C13H14Cl2FN3O. The number of carbonyl (C=O) groups is 1. The molecular weight excluding hydrogens is 304 g/mol. The standard InChI is InChI=1S/C13H14Cl2FN3O/c14-7-13-18-10-5-8(15)9(16)6-11(10)19(13)4-2-1-3-12(17)20/h5-6H,1-4,7H2,(H2,17,20). The van der Waals surface area contributed by atoms with Crippen LogP contribution in [-0.4, -0.2) is 15.5 Å². The first-order valence-electron chi connectivity index (χ1n) is 6.21. The fourth-order valence-corrected chi connectivity index (χ4v) is 2.45. The molecule has 7 heteroatoms. The number of hydrogen-bond acceptors (Lipinski definition) is 2. The number of benzene rings is 1. The zero-order valence-corrected chi connectivity index (χ0v) is 12.2. The molecule has 1 aromatic heterocycles. The number of aryl methyl sites for hydroxylation is 1. The van der Waals surface area contributed by atoms with Gasteiger partial charge < -0.3 is 10.3 Å². The van der Waals surface area contributed by atoms with Crippen molar-refractivity contribution < 1.29 is 9.18 Å². The Morgan fingerprint density at radius 2 is 2.15 bits per heavy atom. The molecule has 1 amide bonds. The van der Waals surface area contributed by atoms with Crippen molar-refractivity contribution >= 4 is 40.1 Å². The monoisotopic (exact) mass is 317 g/mol. The van der Waals surface area contributed by atoms with Crippen molar-refractivity contribution in [2.75, 3.05) is 0 Å². The molecule has 0 radical (unpaired) electrons. The first-order chi connectivity index (χ1) is 9.52. The number of nitrogens with zero attached hydrogens (tertiary/aromatic N) is 2. The minimum absolute atomic E-state index is 0.0389. The van der Waals surface area contributed by atoms with Crippen LogP contribution in [0.15, 0.2) is 12.1 Å². The van der Waals surface area contributed by atoms with E-state index in [1.54, 1.807) is 0 Å². The zero-order chi connectivity index (χ0) is 14.7. The number of fused-ring (bicyclic) bond motifs is 1. The Kier molecular flexibility index (Phi) is 4.83. The lowest BCUT2D eigenvalue weighted by Gasteiger charge is -2.07. The third kappa shape index (κ3) is 3.22. The van der Waals surface area contributed by atoms with Crippen molar-refractivity contribution in [1.82, 2.24) is 9.55 Å². The molecule has 20 heavy (non-hydrogen) atoms. The summed E-state index contributed by atoms with van der Waals surface area (Å²) in [5.74, 6) is 0.0703. The number of hydrogen-bond donors (Lipinski definition) is 1. The van der Waals surface area contributed by atoms with Crippen molar-refractivity contribution in [2.24, 2.45) is 5.73 Å². The van der Waals surface area contributed by atoms with Gasteiger partial charge in [-0.2, -0.15) is 0 Å². The van der Waals surface area contributed by atoms with Crippen LogP contribution in [0.3, 0.4) is 0 Å². The summed E-state index contributed by atoms with van der Waals surface area (Å²) < 4.78 is 15.4. The van der Waals surface area contributed by atoms with Gasteiger partial charge in [0.05, 0.1) is 21.9 Å².